The summed E-state index contributed by atoms with van der Waals surface area (Å²) in [5.74, 6) is 1.67. The maximum absolute atomic E-state index is 6.31. The molecular weight excluding hydrogens is 348 g/mol. The molecule has 0 saturated heterocycles. The number of hydrogen-bond acceptors (Lipinski definition) is 3. The van der Waals surface area contributed by atoms with E-state index in [4.69, 9.17) is 21.6 Å². The van der Waals surface area contributed by atoms with Gasteiger partial charge in [-0.05, 0) is 37.3 Å². The lowest BCUT2D eigenvalue weighted by atomic mass is 9.97. The molecule has 0 amide bonds. The summed E-state index contributed by atoms with van der Waals surface area (Å²) in [6, 6.07) is 18.3. The molecule has 2 nitrogen and oxygen atoms in total. The summed E-state index contributed by atoms with van der Waals surface area (Å²) < 4.78 is 0. The van der Waals surface area contributed by atoms with Gasteiger partial charge in [-0.1, -0.05) is 60.1 Å². The van der Waals surface area contributed by atoms with Crippen LogP contribution in [0.4, 0.5) is 0 Å². The average molecular weight is 367 g/mol. The highest BCUT2D eigenvalue weighted by Crippen LogP contribution is 2.33. The predicted octanol–water partition coefficient (Wildman–Crippen LogP) is 5.97. The van der Waals surface area contributed by atoms with E-state index < -0.39 is 0 Å². The van der Waals surface area contributed by atoms with Crippen molar-refractivity contribution in [1.82, 2.24) is 9.97 Å². The Labute approximate surface area is 157 Å². The third-order valence-corrected chi connectivity index (χ3v) is 5.93. The van der Waals surface area contributed by atoms with Crippen LogP contribution < -0.4 is 0 Å². The smallest absolute Gasteiger partial charge is 0.160 e. The van der Waals surface area contributed by atoms with Crippen molar-refractivity contribution in [3.63, 3.8) is 0 Å². The third kappa shape index (κ3) is 3.73. The van der Waals surface area contributed by atoms with Crippen molar-refractivity contribution in [3.05, 3.63) is 76.4 Å². The summed E-state index contributed by atoms with van der Waals surface area (Å²) in [5, 5.41) is 1.93. The minimum absolute atomic E-state index is 0.821. The second kappa shape index (κ2) is 7.59. The third-order valence-electron chi connectivity index (χ3n) is 4.50. The van der Waals surface area contributed by atoms with Gasteiger partial charge in [0.1, 0.15) is 5.03 Å². The molecule has 2 aromatic carbocycles. The molecule has 0 bridgehead atoms. The van der Waals surface area contributed by atoms with Crippen LogP contribution in [-0.2, 0) is 18.6 Å². The minimum atomic E-state index is 0.821. The maximum Gasteiger partial charge on any atom is 0.160 e. The molecule has 0 atom stereocenters. The van der Waals surface area contributed by atoms with Crippen LogP contribution in [0.3, 0.4) is 0 Å². The SMILES string of the molecule is Clc1ccccc1CSc1nc(-c2ccccc2)nc2c1CCCC2. The van der Waals surface area contributed by atoms with Gasteiger partial charge in [0.15, 0.2) is 5.82 Å². The van der Waals surface area contributed by atoms with Crippen molar-refractivity contribution in [3.8, 4) is 11.4 Å². The van der Waals surface area contributed by atoms with Gasteiger partial charge >= 0.3 is 0 Å². The van der Waals surface area contributed by atoms with Crippen LogP contribution in [0.25, 0.3) is 11.4 Å². The van der Waals surface area contributed by atoms with Gasteiger partial charge in [-0.15, -0.1) is 11.8 Å². The Morgan fingerprint density at radius 1 is 0.880 bits per heavy atom. The number of thioether (sulfide) groups is 1. The molecular formula is C21H19ClN2S. The molecule has 4 rings (SSSR count). The van der Waals surface area contributed by atoms with Gasteiger partial charge in [0, 0.05) is 27.6 Å². The van der Waals surface area contributed by atoms with Gasteiger partial charge in [-0.3, -0.25) is 0 Å². The monoisotopic (exact) mass is 366 g/mol. The second-order valence-electron chi connectivity index (χ2n) is 6.23. The van der Waals surface area contributed by atoms with Crippen LogP contribution >= 0.6 is 23.4 Å². The van der Waals surface area contributed by atoms with Crippen LogP contribution in [0, 0.1) is 0 Å². The zero-order valence-corrected chi connectivity index (χ0v) is 15.5. The molecule has 25 heavy (non-hydrogen) atoms. The van der Waals surface area contributed by atoms with E-state index in [-0.39, 0.29) is 0 Å². The molecule has 126 valence electrons. The van der Waals surface area contributed by atoms with Gasteiger partial charge in [0.05, 0.1) is 0 Å². The highest BCUT2D eigenvalue weighted by molar-refractivity contribution is 7.98. The van der Waals surface area contributed by atoms with Crippen molar-refractivity contribution in [2.45, 2.75) is 36.5 Å². The Morgan fingerprint density at radius 2 is 1.64 bits per heavy atom. The quantitative estimate of drug-likeness (QED) is 0.420. The molecule has 0 saturated carbocycles. The van der Waals surface area contributed by atoms with Crippen molar-refractivity contribution in [2.75, 3.05) is 0 Å². The molecule has 1 aliphatic rings. The highest BCUT2D eigenvalue weighted by atomic mass is 35.5. The van der Waals surface area contributed by atoms with E-state index in [0.717, 1.165) is 45.6 Å². The summed E-state index contributed by atoms with van der Waals surface area (Å²) >= 11 is 8.09. The van der Waals surface area contributed by atoms with Gasteiger partial charge in [-0.2, -0.15) is 0 Å². The van der Waals surface area contributed by atoms with E-state index in [0.29, 0.717) is 0 Å². The Balaban J connectivity index is 1.69. The molecule has 0 spiro atoms. The fraction of sp³-hybridized carbons (Fsp3) is 0.238. The maximum atomic E-state index is 6.31. The van der Waals surface area contributed by atoms with E-state index >= 15 is 0 Å². The number of halogens is 1. The molecule has 3 aromatic rings. The number of rotatable bonds is 4. The molecule has 1 heterocycles. The van der Waals surface area contributed by atoms with Gasteiger partial charge in [0.25, 0.3) is 0 Å². The number of benzene rings is 2. The Bertz CT molecular complexity index is 880. The normalized spacial score (nSPS) is 13.5. The second-order valence-corrected chi connectivity index (χ2v) is 7.60. The van der Waals surface area contributed by atoms with Crippen molar-refractivity contribution >= 4 is 23.4 Å². The average Bonchev–Trinajstić information content (AvgIpc) is 2.67. The summed E-state index contributed by atoms with van der Waals surface area (Å²) in [6.45, 7) is 0. The minimum Gasteiger partial charge on any atom is -0.233 e. The number of nitrogens with zero attached hydrogens (tertiary/aromatic N) is 2. The van der Waals surface area contributed by atoms with Gasteiger partial charge < -0.3 is 0 Å². The van der Waals surface area contributed by atoms with Crippen molar-refractivity contribution < 1.29 is 0 Å². The molecule has 1 aliphatic carbocycles. The Morgan fingerprint density at radius 3 is 2.48 bits per heavy atom. The summed E-state index contributed by atoms with van der Waals surface area (Å²) in [7, 11) is 0. The van der Waals surface area contributed by atoms with Crippen molar-refractivity contribution in [1.29, 1.82) is 0 Å². The zero-order chi connectivity index (χ0) is 17.1. The van der Waals surface area contributed by atoms with Crippen LogP contribution in [0.15, 0.2) is 59.6 Å². The van der Waals surface area contributed by atoms with E-state index in [1.165, 1.54) is 24.1 Å². The molecule has 0 aliphatic heterocycles. The first-order valence-electron chi connectivity index (χ1n) is 8.62. The molecule has 0 unspecified atom stereocenters. The van der Waals surface area contributed by atoms with E-state index in [1.807, 2.05) is 36.4 Å². The van der Waals surface area contributed by atoms with Gasteiger partial charge in [0.2, 0.25) is 0 Å². The number of hydrogen-bond donors (Lipinski definition) is 0. The van der Waals surface area contributed by atoms with Crippen LogP contribution in [0.2, 0.25) is 5.02 Å². The van der Waals surface area contributed by atoms with Crippen LogP contribution in [0.1, 0.15) is 29.7 Å². The lowest BCUT2D eigenvalue weighted by molar-refractivity contribution is 0.647. The van der Waals surface area contributed by atoms with Crippen molar-refractivity contribution in [2.24, 2.45) is 0 Å². The fourth-order valence-electron chi connectivity index (χ4n) is 3.16. The first kappa shape index (κ1) is 16.6. The zero-order valence-electron chi connectivity index (χ0n) is 13.9. The molecule has 1 aromatic heterocycles. The summed E-state index contributed by atoms with van der Waals surface area (Å²) in [5.41, 5.74) is 4.79. The lowest BCUT2D eigenvalue weighted by Crippen LogP contribution is -2.10. The highest BCUT2D eigenvalue weighted by Gasteiger charge is 2.19. The van der Waals surface area contributed by atoms with E-state index in [2.05, 4.69) is 18.2 Å². The van der Waals surface area contributed by atoms with E-state index in [1.54, 1.807) is 11.8 Å². The number of aromatic nitrogens is 2. The molecule has 0 fully saturated rings. The standard InChI is InChI=1S/C21H19ClN2S/c22-18-12-6-4-10-16(18)14-25-21-17-11-5-7-13-19(17)23-20(24-21)15-8-2-1-3-9-15/h1-4,6,8-10,12H,5,7,11,13-14H2. The van der Waals surface area contributed by atoms with Crippen LogP contribution in [-0.4, -0.2) is 9.97 Å². The molecule has 0 radical (unpaired) electrons. The van der Waals surface area contributed by atoms with Crippen LogP contribution in [0.5, 0.6) is 0 Å². The number of aryl methyl sites for hydroxylation is 1. The Hall–Kier alpha value is -1.84. The summed E-state index contributed by atoms with van der Waals surface area (Å²) in [4.78, 5) is 9.78. The largest absolute Gasteiger partial charge is 0.233 e. The Kier molecular flexibility index (Phi) is 5.04. The number of fused-ring (bicyclic) bond motifs is 1. The predicted molar refractivity (Wildman–Crippen MR) is 105 cm³/mol. The first-order valence-corrected chi connectivity index (χ1v) is 9.99. The van der Waals surface area contributed by atoms with E-state index in [9.17, 15) is 0 Å². The molecule has 4 heteroatoms. The fourth-order valence-corrected chi connectivity index (χ4v) is 4.53. The first-order chi connectivity index (χ1) is 12.3. The molecule has 0 N–H and O–H groups in total. The lowest BCUT2D eigenvalue weighted by Gasteiger charge is -2.19. The van der Waals surface area contributed by atoms with Gasteiger partial charge in [-0.25, -0.2) is 9.97 Å². The summed E-state index contributed by atoms with van der Waals surface area (Å²) in [6.07, 6.45) is 4.57. The topological polar surface area (TPSA) is 25.8 Å².